The maximum Gasteiger partial charge on any atom is 0.251 e. The van der Waals surface area contributed by atoms with Gasteiger partial charge in [-0.15, -0.1) is 0 Å². The number of carbonyl (C=O) groups is 1. The molecule has 1 aromatic rings. The van der Waals surface area contributed by atoms with Crippen molar-refractivity contribution < 1.29 is 13.2 Å². The monoisotopic (exact) mass is 348 g/mol. The average molecular weight is 348 g/mol. The molecule has 1 amide bonds. The molecule has 0 aliphatic heterocycles. The van der Waals surface area contributed by atoms with E-state index < -0.39 is 9.84 Å². The Bertz CT molecular complexity index is 705. The summed E-state index contributed by atoms with van der Waals surface area (Å²) in [7, 11) is -3.39. The number of nitriles is 1. The Morgan fingerprint density at radius 1 is 1.29 bits per heavy atom. The Morgan fingerprint density at radius 2 is 2.00 bits per heavy atom. The summed E-state index contributed by atoms with van der Waals surface area (Å²) in [6.07, 6.45) is 4.88. The number of carbonyl (C=O) groups excluding carboxylic acids is 1. The minimum Gasteiger partial charge on any atom is -0.349 e. The SMILES string of the molecule is C[C@H]1CCC[C@@H](NC(=O)c2ccc(S(=O)(=O)CCCC#N)cc2)C1. The first-order valence-corrected chi connectivity index (χ1v) is 10.1. The molecule has 1 saturated carbocycles. The molecule has 0 heterocycles. The highest BCUT2D eigenvalue weighted by atomic mass is 32.2. The molecule has 0 saturated heterocycles. The van der Waals surface area contributed by atoms with Crippen LogP contribution in [0.2, 0.25) is 0 Å². The number of rotatable bonds is 6. The van der Waals surface area contributed by atoms with Gasteiger partial charge in [0.1, 0.15) is 0 Å². The van der Waals surface area contributed by atoms with Crippen LogP contribution in [0.3, 0.4) is 0 Å². The van der Waals surface area contributed by atoms with Crippen LogP contribution in [0, 0.1) is 17.2 Å². The van der Waals surface area contributed by atoms with E-state index in [-0.39, 0.29) is 29.0 Å². The second-order valence-electron chi connectivity index (χ2n) is 6.55. The summed E-state index contributed by atoms with van der Waals surface area (Å²) in [5, 5.41) is 11.5. The number of sulfone groups is 1. The Labute approximate surface area is 144 Å². The Hall–Kier alpha value is -1.87. The third-order valence-corrected chi connectivity index (χ3v) is 6.27. The quantitative estimate of drug-likeness (QED) is 0.800. The van der Waals surface area contributed by atoms with Crippen molar-refractivity contribution in [2.24, 2.45) is 5.92 Å². The highest BCUT2D eigenvalue weighted by Gasteiger charge is 2.21. The summed E-state index contributed by atoms with van der Waals surface area (Å²) in [5.74, 6) is 0.430. The van der Waals surface area contributed by atoms with Crippen molar-refractivity contribution >= 4 is 15.7 Å². The van der Waals surface area contributed by atoms with E-state index in [4.69, 9.17) is 5.26 Å². The minimum atomic E-state index is -3.39. The first kappa shape index (κ1) is 18.5. The molecular formula is C18H24N2O3S. The van der Waals surface area contributed by atoms with Gasteiger partial charge < -0.3 is 5.32 Å². The van der Waals surface area contributed by atoms with E-state index in [2.05, 4.69) is 12.2 Å². The second kappa shape index (κ2) is 8.29. The highest BCUT2D eigenvalue weighted by Crippen LogP contribution is 2.24. The molecule has 130 valence electrons. The first-order valence-electron chi connectivity index (χ1n) is 8.43. The number of amides is 1. The van der Waals surface area contributed by atoms with Gasteiger partial charge in [0.15, 0.2) is 9.84 Å². The lowest BCUT2D eigenvalue weighted by molar-refractivity contribution is 0.0921. The lowest BCUT2D eigenvalue weighted by Gasteiger charge is -2.27. The zero-order valence-corrected chi connectivity index (χ0v) is 14.8. The molecule has 2 rings (SSSR count). The van der Waals surface area contributed by atoms with Gasteiger partial charge in [-0.1, -0.05) is 19.8 Å². The summed E-state index contributed by atoms with van der Waals surface area (Å²) in [6.45, 7) is 2.20. The highest BCUT2D eigenvalue weighted by molar-refractivity contribution is 7.91. The molecule has 1 N–H and O–H groups in total. The molecule has 24 heavy (non-hydrogen) atoms. The van der Waals surface area contributed by atoms with Gasteiger partial charge in [-0.2, -0.15) is 5.26 Å². The lowest BCUT2D eigenvalue weighted by Crippen LogP contribution is -2.37. The summed E-state index contributed by atoms with van der Waals surface area (Å²) in [5.41, 5.74) is 0.476. The van der Waals surface area contributed by atoms with Gasteiger partial charge in [-0.3, -0.25) is 4.79 Å². The molecule has 0 bridgehead atoms. The molecule has 0 aromatic heterocycles. The van der Waals surface area contributed by atoms with Crippen molar-refractivity contribution in [3.63, 3.8) is 0 Å². The molecule has 1 aromatic carbocycles. The van der Waals surface area contributed by atoms with Crippen molar-refractivity contribution in [1.82, 2.24) is 5.32 Å². The van der Waals surface area contributed by atoms with Gasteiger partial charge in [-0.05, 0) is 49.4 Å². The van der Waals surface area contributed by atoms with Gasteiger partial charge >= 0.3 is 0 Å². The molecule has 0 unspecified atom stereocenters. The van der Waals surface area contributed by atoms with E-state index in [1.54, 1.807) is 12.1 Å². The maximum absolute atomic E-state index is 12.3. The predicted octanol–water partition coefficient (Wildman–Crippen LogP) is 3.07. The van der Waals surface area contributed by atoms with E-state index in [1.807, 2.05) is 6.07 Å². The number of nitrogens with one attached hydrogen (secondary N) is 1. The molecule has 6 heteroatoms. The maximum atomic E-state index is 12.3. The second-order valence-corrected chi connectivity index (χ2v) is 8.66. The zero-order chi connectivity index (χ0) is 17.6. The average Bonchev–Trinajstić information content (AvgIpc) is 2.55. The molecule has 1 fully saturated rings. The lowest BCUT2D eigenvalue weighted by atomic mass is 9.87. The van der Waals surface area contributed by atoms with E-state index in [9.17, 15) is 13.2 Å². The van der Waals surface area contributed by atoms with Crippen LogP contribution in [0.15, 0.2) is 29.2 Å². The van der Waals surface area contributed by atoms with Crippen LogP contribution in [0.5, 0.6) is 0 Å². The summed E-state index contributed by atoms with van der Waals surface area (Å²) in [4.78, 5) is 12.5. The number of benzene rings is 1. The minimum absolute atomic E-state index is 0.0495. The van der Waals surface area contributed by atoms with Gasteiger partial charge in [0.05, 0.1) is 16.7 Å². The van der Waals surface area contributed by atoms with Crippen molar-refractivity contribution in [3.8, 4) is 6.07 Å². The summed E-state index contributed by atoms with van der Waals surface area (Å²) >= 11 is 0. The van der Waals surface area contributed by atoms with Gasteiger partial charge in [0, 0.05) is 18.0 Å². The predicted molar refractivity (Wildman–Crippen MR) is 92.2 cm³/mol. The molecule has 5 nitrogen and oxygen atoms in total. The van der Waals surface area contributed by atoms with Crippen molar-refractivity contribution in [1.29, 1.82) is 5.26 Å². The van der Waals surface area contributed by atoms with Crippen LogP contribution in [0.25, 0.3) is 0 Å². The van der Waals surface area contributed by atoms with Gasteiger partial charge in [0.2, 0.25) is 0 Å². The number of unbranched alkanes of at least 4 members (excludes halogenated alkanes) is 1. The summed E-state index contributed by atoms with van der Waals surface area (Å²) < 4.78 is 24.3. The smallest absolute Gasteiger partial charge is 0.251 e. The van der Waals surface area contributed by atoms with Crippen molar-refractivity contribution in [2.45, 2.75) is 56.4 Å². The number of nitrogens with zero attached hydrogens (tertiary/aromatic N) is 1. The topological polar surface area (TPSA) is 87.0 Å². The summed E-state index contributed by atoms with van der Waals surface area (Å²) in [6, 6.07) is 8.20. The van der Waals surface area contributed by atoms with Crippen LogP contribution in [-0.2, 0) is 9.84 Å². The Balaban J connectivity index is 1.98. The van der Waals surface area contributed by atoms with Crippen LogP contribution in [-0.4, -0.2) is 26.1 Å². The standard InChI is InChI=1S/C18H24N2O3S/c1-14-5-4-6-16(13-14)20-18(21)15-7-9-17(10-8-15)24(22,23)12-3-2-11-19/h7-10,14,16H,2-6,12-13H2,1H3,(H,20,21)/t14-,16+/m0/s1. The third kappa shape index (κ3) is 5.07. The van der Waals surface area contributed by atoms with Crippen LogP contribution < -0.4 is 5.32 Å². The largest absolute Gasteiger partial charge is 0.349 e. The van der Waals surface area contributed by atoms with E-state index >= 15 is 0 Å². The third-order valence-electron chi connectivity index (χ3n) is 4.45. The Morgan fingerprint density at radius 3 is 2.62 bits per heavy atom. The molecule has 0 radical (unpaired) electrons. The molecule has 1 aliphatic carbocycles. The van der Waals surface area contributed by atoms with E-state index in [1.165, 1.54) is 18.6 Å². The number of hydrogen-bond acceptors (Lipinski definition) is 4. The van der Waals surface area contributed by atoms with Crippen LogP contribution in [0.1, 0.15) is 55.8 Å². The van der Waals surface area contributed by atoms with Crippen LogP contribution in [0.4, 0.5) is 0 Å². The Kier molecular flexibility index (Phi) is 6.38. The fraction of sp³-hybridized carbons (Fsp3) is 0.556. The van der Waals surface area contributed by atoms with Gasteiger partial charge in [-0.25, -0.2) is 8.42 Å². The first-order chi connectivity index (χ1) is 11.4. The molecule has 1 aliphatic rings. The van der Waals surface area contributed by atoms with Crippen molar-refractivity contribution in [2.75, 3.05) is 5.75 Å². The van der Waals surface area contributed by atoms with Crippen molar-refractivity contribution in [3.05, 3.63) is 29.8 Å². The van der Waals surface area contributed by atoms with E-state index in [0.717, 1.165) is 19.3 Å². The van der Waals surface area contributed by atoms with E-state index in [0.29, 0.717) is 17.9 Å². The fourth-order valence-electron chi connectivity index (χ4n) is 3.11. The fourth-order valence-corrected chi connectivity index (χ4v) is 4.42. The number of hydrogen-bond donors (Lipinski definition) is 1. The molecule has 0 spiro atoms. The molecular weight excluding hydrogens is 324 g/mol. The molecule has 2 atom stereocenters. The van der Waals surface area contributed by atoms with Crippen LogP contribution >= 0.6 is 0 Å². The zero-order valence-electron chi connectivity index (χ0n) is 14.0. The van der Waals surface area contributed by atoms with Gasteiger partial charge in [0.25, 0.3) is 5.91 Å². The normalized spacial score (nSPS) is 21.0.